The van der Waals surface area contributed by atoms with Gasteiger partial charge in [0.25, 0.3) is 10.0 Å². The van der Waals surface area contributed by atoms with Gasteiger partial charge < -0.3 is 15.0 Å². The number of aryl methyl sites for hydroxylation is 1. The number of carbonyl (C=O) groups is 2. The first-order valence-corrected chi connectivity index (χ1v) is 15.0. The molecule has 0 heterocycles. The Morgan fingerprint density at radius 1 is 0.833 bits per heavy atom. The van der Waals surface area contributed by atoms with Crippen molar-refractivity contribution in [2.45, 2.75) is 30.8 Å². The van der Waals surface area contributed by atoms with Crippen LogP contribution in [0.15, 0.2) is 114 Å². The molecule has 218 valence electrons. The van der Waals surface area contributed by atoms with Crippen molar-refractivity contribution >= 4 is 27.5 Å². The first-order valence-electron chi connectivity index (χ1n) is 13.6. The molecule has 0 saturated carbocycles. The van der Waals surface area contributed by atoms with Gasteiger partial charge in [0, 0.05) is 20.0 Å². The Bertz CT molecular complexity index is 1600. The molecule has 0 fully saturated rings. The van der Waals surface area contributed by atoms with Gasteiger partial charge in [-0.05, 0) is 47.9 Å². The number of anilines is 1. The second-order valence-electron chi connectivity index (χ2n) is 9.83. The zero-order chi connectivity index (χ0) is 30.1. The average molecular weight is 586 g/mol. The monoisotopic (exact) mass is 585 g/mol. The van der Waals surface area contributed by atoms with Gasteiger partial charge in [-0.2, -0.15) is 0 Å². The van der Waals surface area contributed by atoms with Gasteiger partial charge in [0.2, 0.25) is 11.8 Å². The highest BCUT2D eigenvalue weighted by Gasteiger charge is 2.35. The standard InChI is InChI=1S/C33H35N3O5S/c1-25-19-20-31(41-3)29(21-25)36(42(39,40)28-17-11-6-12-18-28)24-32(37)35(23-27-15-9-5-10-16-27)30(33(38)34-2)22-26-13-7-4-8-14-26/h4-21,30H,22-24H2,1-3H3,(H,34,38)/t30-/m0/s1. The lowest BCUT2D eigenvalue weighted by Crippen LogP contribution is -2.53. The molecule has 0 aliphatic carbocycles. The summed E-state index contributed by atoms with van der Waals surface area (Å²) in [5.41, 5.74) is 2.69. The summed E-state index contributed by atoms with van der Waals surface area (Å²) in [5.74, 6) is -0.588. The molecular formula is C33H35N3O5S. The number of hydrogen-bond acceptors (Lipinski definition) is 5. The highest BCUT2D eigenvalue weighted by Crippen LogP contribution is 2.33. The van der Waals surface area contributed by atoms with Crippen LogP contribution < -0.4 is 14.4 Å². The summed E-state index contributed by atoms with van der Waals surface area (Å²) >= 11 is 0. The van der Waals surface area contributed by atoms with E-state index in [1.807, 2.05) is 67.6 Å². The van der Waals surface area contributed by atoms with Crippen LogP contribution in [0.5, 0.6) is 5.75 Å². The predicted molar refractivity (Wildman–Crippen MR) is 164 cm³/mol. The van der Waals surface area contributed by atoms with Gasteiger partial charge >= 0.3 is 0 Å². The summed E-state index contributed by atoms with van der Waals surface area (Å²) in [6.45, 7) is 1.39. The van der Waals surface area contributed by atoms with E-state index >= 15 is 0 Å². The van der Waals surface area contributed by atoms with Gasteiger partial charge in [-0.25, -0.2) is 8.42 Å². The molecule has 0 bridgehead atoms. The Kier molecular flexibility index (Phi) is 9.98. The maximum atomic E-state index is 14.3. The summed E-state index contributed by atoms with van der Waals surface area (Å²) in [7, 11) is -1.24. The molecular weight excluding hydrogens is 550 g/mol. The lowest BCUT2D eigenvalue weighted by molar-refractivity contribution is -0.139. The minimum atomic E-state index is -4.21. The molecule has 4 aromatic rings. The van der Waals surface area contributed by atoms with Crippen LogP contribution in [0.2, 0.25) is 0 Å². The van der Waals surface area contributed by atoms with E-state index in [1.165, 1.54) is 31.2 Å². The highest BCUT2D eigenvalue weighted by atomic mass is 32.2. The molecule has 1 N–H and O–H groups in total. The topological polar surface area (TPSA) is 96.0 Å². The molecule has 0 saturated heterocycles. The lowest BCUT2D eigenvalue weighted by atomic mass is 10.0. The van der Waals surface area contributed by atoms with Gasteiger partial charge in [-0.15, -0.1) is 0 Å². The van der Waals surface area contributed by atoms with Gasteiger partial charge in [0.05, 0.1) is 17.7 Å². The quantitative estimate of drug-likeness (QED) is 0.263. The second-order valence-corrected chi connectivity index (χ2v) is 11.7. The highest BCUT2D eigenvalue weighted by molar-refractivity contribution is 7.92. The SMILES string of the molecule is CNC(=O)[C@H](Cc1ccccc1)N(Cc1ccccc1)C(=O)CN(c1cc(C)ccc1OC)S(=O)(=O)c1ccccc1. The Hall–Kier alpha value is -4.63. The maximum Gasteiger partial charge on any atom is 0.264 e. The van der Waals surface area contributed by atoms with E-state index in [1.54, 1.807) is 36.4 Å². The van der Waals surface area contributed by atoms with Crippen LogP contribution in [0.1, 0.15) is 16.7 Å². The smallest absolute Gasteiger partial charge is 0.264 e. The van der Waals surface area contributed by atoms with Crippen LogP contribution in [0.4, 0.5) is 5.69 Å². The number of benzene rings is 4. The summed E-state index contributed by atoms with van der Waals surface area (Å²) in [6.07, 6.45) is 0.248. The minimum Gasteiger partial charge on any atom is -0.495 e. The largest absolute Gasteiger partial charge is 0.495 e. The van der Waals surface area contributed by atoms with E-state index in [9.17, 15) is 18.0 Å². The van der Waals surface area contributed by atoms with Crippen LogP contribution in [0, 0.1) is 6.92 Å². The fourth-order valence-electron chi connectivity index (χ4n) is 4.73. The molecule has 0 spiro atoms. The number of carbonyl (C=O) groups excluding carboxylic acids is 2. The van der Waals surface area contributed by atoms with Crippen molar-refractivity contribution in [3.05, 3.63) is 126 Å². The van der Waals surface area contributed by atoms with Crippen LogP contribution in [-0.4, -0.2) is 51.9 Å². The Balaban J connectivity index is 1.82. The van der Waals surface area contributed by atoms with Crippen LogP contribution in [-0.2, 0) is 32.6 Å². The van der Waals surface area contributed by atoms with Gasteiger partial charge in [0.15, 0.2) is 0 Å². The molecule has 8 nitrogen and oxygen atoms in total. The van der Waals surface area contributed by atoms with Crippen molar-refractivity contribution in [2.24, 2.45) is 0 Å². The number of sulfonamides is 1. The zero-order valence-corrected chi connectivity index (χ0v) is 24.8. The molecule has 0 unspecified atom stereocenters. The van der Waals surface area contributed by atoms with E-state index in [2.05, 4.69) is 5.32 Å². The van der Waals surface area contributed by atoms with Crippen molar-refractivity contribution in [2.75, 3.05) is 25.0 Å². The fraction of sp³-hybridized carbons (Fsp3) is 0.212. The summed E-state index contributed by atoms with van der Waals surface area (Å²) < 4.78 is 34.8. The lowest BCUT2D eigenvalue weighted by Gasteiger charge is -2.34. The Morgan fingerprint density at radius 2 is 1.40 bits per heavy atom. The molecule has 0 radical (unpaired) electrons. The summed E-state index contributed by atoms with van der Waals surface area (Å²) in [4.78, 5) is 29.1. The van der Waals surface area contributed by atoms with Gasteiger partial charge in [-0.1, -0.05) is 84.9 Å². The third-order valence-corrected chi connectivity index (χ3v) is 8.70. The number of rotatable bonds is 12. The van der Waals surface area contributed by atoms with Crippen molar-refractivity contribution in [3.63, 3.8) is 0 Å². The van der Waals surface area contributed by atoms with Gasteiger partial charge in [-0.3, -0.25) is 13.9 Å². The van der Waals surface area contributed by atoms with E-state index < -0.39 is 28.5 Å². The molecule has 0 aliphatic rings. The van der Waals surface area contributed by atoms with Crippen LogP contribution in [0.25, 0.3) is 0 Å². The minimum absolute atomic E-state index is 0.0307. The number of likely N-dealkylation sites (N-methyl/N-ethyl adjacent to an activating group) is 1. The first kappa shape index (κ1) is 30.3. The normalized spacial score (nSPS) is 11.8. The fourth-order valence-corrected chi connectivity index (χ4v) is 6.17. The number of nitrogens with zero attached hydrogens (tertiary/aromatic N) is 2. The third kappa shape index (κ3) is 7.16. The molecule has 42 heavy (non-hydrogen) atoms. The zero-order valence-electron chi connectivity index (χ0n) is 23.9. The maximum absolute atomic E-state index is 14.3. The molecule has 1 atom stereocenters. The molecule has 4 rings (SSSR count). The number of amides is 2. The molecule has 0 aliphatic heterocycles. The van der Waals surface area contributed by atoms with Crippen molar-refractivity contribution in [3.8, 4) is 5.75 Å². The number of methoxy groups -OCH3 is 1. The number of ether oxygens (including phenoxy) is 1. The van der Waals surface area contributed by atoms with E-state index in [0.717, 1.165) is 21.0 Å². The van der Waals surface area contributed by atoms with Crippen molar-refractivity contribution in [1.29, 1.82) is 0 Å². The molecule has 4 aromatic carbocycles. The van der Waals surface area contributed by atoms with E-state index in [0.29, 0.717) is 5.75 Å². The van der Waals surface area contributed by atoms with Crippen molar-refractivity contribution < 1.29 is 22.7 Å². The Labute approximate surface area is 247 Å². The van der Waals surface area contributed by atoms with Crippen LogP contribution >= 0.6 is 0 Å². The first-order chi connectivity index (χ1) is 20.2. The van der Waals surface area contributed by atoms with Crippen LogP contribution in [0.3, 0.4) is 0 Å². The molecule has 9 heteroatoms. The molecule has 2 amide bonds. The second kappa shape index (κ2) is 13.8. The number of hydrogen-bond donors (Lipinski definition) is 1. The van der Waals surface area contributed by atoms with Gasteiger partial charge in [0.1, 0.15) is 18.3 Å². The van der Waals surface area contributed by atoms with E-state index in [4.69, 9.17) is 4.74 Å². The molecule has 0 aromatic heterocycles. The summed E-state index contributed by atoms with van der Waals surface area (Å²) in [6, 6.07) is 30.9. The average Bonchev–Trinajstić information content (AvgIpc) is 3.02. The number of nitrogens with one attached hydrogen (secondary N) is 1. The third-order valence-electron chi connectivity index (χ3n) is 6.93. The summed E-state index contributed by atoms with van der Waals surface area (Å²) in [5, 5.41) is 2.69. The predicted octanol–water partition coefficient (Wildman–Crippen LogP) is 4.59. The van der Waals surface area contributed by atoms with E-state index in [-0.39, 0.29) is 29.5 Å². The van der Waals surface area contributed by atoms with Crippen molar-refractivity contribution in [1.82, 2.24) is 10.2 Å². The Morgan fingerprint density at radius 3 is 1.98 bits per heavy atom.